The van der Waals surface area contributed by atoms with Gasteiger partial charge in [-0.05, 0) is 34.1 Å². The Balaban J connectivity index is 1.50. The number of nitrogens with zero attached hydrogens (tertiary/aromatic N) is 3. The van der Waals surface area contributed by atoms with Crippen LogP contribution in [0.1, 0.15) is 143 Å². The van der Waals surface area contributed by atoms with Crippen LogP contribution in [0.25, 0.3) is 0 Å². The van der Waals surface area contributed by atoms with Gasteiger partial charge in [0.2, 0.25) is 0 Å². The quantitative estimate of drug-likeness (QED) is 0.0655. The molecule has 2 aliphatic heterocycles. The van der Waals surface area contributed by atoms with Crippen molar-refractivity contribution in [2.24, 2.45) is 5.92 Å². The van der Waals surface area contributed by atoms with Gasteiger partial charge in [0.15, 0.2) is 18.6 Å². The van der Waals surface area contributed by atoms with E-state index in [9.17, 15) is 33.4 Å². The second-order valence-electron chi connectivity index (χ2n) is 17.6. The third-order valence-electron chi connectivity index (χ3n) is 11.7. The van der Waals surface area contributed by atoms with Crippen molar-refractivity contribution in [2.75, 3.05) is 33.4 Å². The summed E-state index contributed by atoms with van der Waals surface area (Å²) in [5.41, 5.74) is -3.03. The fourth-order valence-corrected chi connectivity index (χ4v) is 9.47. The summed E-state index contributed by atoms with van der Waals surface area (Å²) >= 11 is 0. The fourth-order valence-electron chi connectivity index (χ4n) is 8.36. The van der Waals surface area contributed by atoms with E-state index in [2.05, 4.69) is 17.2 Å². The van der Waals surface area contributed by atoms with Crippen molar-refractivity contribution < 1.29 is 46.6 Å². The molecule has 2 aromatic heterocycles. The van der Waals surface area contributed by atoms with E-state index in [1.54, 1.807) is 0 Å². The number of carbonyl (C=O) groups is 1. The highest BCUT2D eigenvalue weighted by molar-refractivity contribution is 7.45. The van der Waals surface area contributed by atoms with Crippen LogP contribution in [0.2, 0.25) is 0 Å². The van der Waals surface area contributed by atoms with Gasteiger partial charge in [-0.3, -0.25) is 33.3 Å². The first-order valence-electron chi connectivity index (χ1n) is 23.5. The molecule has 2 saturated heterocycles. The minimum atomic E-state index is -5.15. The van der Waals surface area contributed by atoms with Crippen LogP contribution in [0, 0.1) is 5.92 Å². The van der Waals surface area contributed by atoms with E-state index in [1.807, 2.05) is 18.8 Å². The van der Waals surface area contributed by atoms with Crippen molar-refractivity contribution in [2.45, 2.75) is 186 Å². The van der Waals surface area contributed by atoms with E-state index in [0.717, 1.165) is 48.9 Å². The lowest BCUT2D eigenvalue weighted by Gasteiger charge is -2.33. The minimum absolute atomic E-state index is 0.0437. The van der Waals surface area contributed by atoms with Crippen LogP contribution in [0.4, 0.5) is 9.18 Å². The maximum absolute atomic E-state index is 16.4. The topological polar surface area (TPSA) is 238 Å². The SMILES string of the molecule is CCCCCCCCCCCCCCCCCN(C[C@H]1O[C@@H](n2ccc(=O)[nH]c2=O)[C@H](F)[C@@H]1OP(=O)([O-])OC(C)C)C(=O)NC[C@H]1[C@@H](OC)[C@H](n2ccc(=O)[nH]c2=O)O[C@@H]1COC(C)C. The van der Waals surface area contributed by atoms with Gasteiger partial charge in [0.1, 0.15) is 18.3 Å². The number of phosphoric ester groups is 1. The number of aromatic amines is 2. The summed E-state index contributed by atoms with van der Waals surface area (Å²) in [7, 11) is -3.71. The second kappa shape index (κ2) is 27.4. The molecule has 1 unspecified atom stereocenters. The number of phosphoric acid groups is 1. The number of alkyl halides is 1. The van der Waals surface area contributed by atoms with E-state index in [1.165, 1.54) is 100 Å². The molecule has 0 spiro atoms. The number of nitrogens with one attached hydrogen (secondary N) is 3. The van der Waals surface area contributed by atoms with Crippen LogP contribution < -0.4 is 32.7 Å². The van der Waals surface area contributed by atoms with Gasteiger partial charge < -0.3 is 43.1 Å². The lowest BCUT2D eigenvalue weighted by Crippen LogP contribution is -2.50. The Morgan fingerprint density at radius 3 is 1.80 bits per heavy atom. The van der Waals surface area contributed by atoms with Gasteiger partial charge in [0, 0.05) is 50.6 Å². The zero-order chi connectivity index (χ0) is 47.5. The van der Waals surface area contributed by atoms with E-state index >= 15 is 4.39 Å². The van der Waals surface area contributed by atoms with Gasteiger partial charge in [0.25, 0.3) is 18.9 Å². The van der Waals surface area contributed by atoms with Crippen LogP contribution in [0.15, 0.2) is 43.7 Å². The highest BCUT2D eigenvalue weighted by Crippen LogP contribution is 2.47. The number of H-pyrrole nitrogens is 2. The molecule has 2 aromatic rings. The molecule has 370 valence electrons. The highest BCUT2D eigenvalue weighted by Gasteiger charge is 2.50. The van der Waals surface area contributed by atoms with Crippen LogP contribution in [0.3, 0.4) is 0 Å². The largest absolute Gasteiger partial charge is 0.756 e. The Kier molecular flexibility index (Phi) is 22.8. The monoisotopic (exact) mass is 943 g/mol. The van der Waals surface area contributed by atoms with Crippen molar-refractivity contribution in [3.05, 3.63) is 66.2 Å². The summed E-state index contributed by atoms with van der Waals surface area (Å²) in [6.07, 6.45) is 8.65. The van der Waals surface area contributed by atoms with Crippen molar-refractivity contribution in [3.63, 3.8) is 0 Å². The molecule has 0 saturated carbocycles. The third kappa shape index (κ3) is 17.3. The minimum Gasteiger partial charge on any atom is -0.756 e. The number of unbranched alkanes of at least 4 members (excludes halogenated alkanes) is 14. The Morgan fingerprint density at radius 1 is 0.800 bits per heavy atom. The van der Waals surface area contributed by atoms with Gasteiger partial charge in [-0.2, -0.15) is 0 Å². The van der Waals surface area contributed by atoms with Crippen molar-refractivity contribution in [1.82, 2.24) is 29.3 Å². The average Bonchev–Trinajstić information content (AvgIpc) is 3.74. The first-order valence-corrected chi connectivity index (χ1v) is 24.9. The van der Waals surface area contributed by atoms with Gasteiger partial charge >= 0.3 is 17.4 Å². The molecule has 0 aromatic carbocycles. The molecule has 2 fully saturated rings. The predicted molar refractivity (Wildman–Crippen MR) is 239 cm³/mol. The molecule has 4 heterocycles. The molecule has 0 radical (unpaired) electrons. The van der Waals surface area contributed by atoms with Crippen LogP contribution in [-0.4, -0.2) is 106 Å². The summed E-state index contributed by atoms with van der Waals surface area (Å²) in [6.45, 7) is 8.68. The highest BCUT2D eigenvalue weighted by atomic mass is 31.2. The number of halogens is 1. The number of hydrogen-bond acceptors (Lipinski definition) is 13. The van der Waals surface area contributed by atoms with E-state index in [-0.39, 0.29) is 32.3 Å². The van der Waals surface area contributed by atoms with Gasteiger partial charge in [-0.1, -0.05) is 96.8 Å². The number of rotatable bonds is 30. The fraction of sp³-hybridized carbons (Fsp3) is 0.795. The van der Waals surface area contributed by atoms with Gasteiger partial charge in [-0.15, -0.1) is 0 Å². The van der Waals surface area contributed by atoms with Crippen LogP contribution in [-0.2, 0) is 32.6 Å². The standard InChI is InChI=1S/C44H74FN6O13P/c1-7-8-9-10-11-12-13-14-15-16-17-18-19-20-21-24-49(28-33-39(64-65(57,58)63-31(4)5)37(45)40(61-33)50-25-22-35(52)47-43(50)55)42(54)46-27-32-34(29-60-30(2)3)62-41(38(32)59-6)51-26-23-36(53)48-44(51)56/h22-23,25-26,30-34,37-41H,7-21,24,27-29H2,1-6H3,(H,46,54)(H,57,58)(H,47,52,55)(H,48,53,56)/p-1/t32-,33-,34-,37-,38-,39-,40-,41-/m1/s1. The molecule has 19 nitrogen and oxygen atoms in total. The van der Waals surface area contributed by atoms with E-state index in [0.29, 0.717) is 6.42 Å². The summed E-state index contributed by atoms with van der Waals surface area (Å²) in [4.78, 5) is 82.3. The smallest absolute Gasteiger partial charge is 0.330 e. The lowest BCUT2D eigenvalue weighted by atomic mass is 9.98. The third-order valence-corrected chi connectivity index (χ3v) is 12.9. The van der Waals surface area contributed by atoms with Gasteiger partial charge in [0.05, 0.1) is 31.5 Å². The van der Waals surface area contributed by atoms with Crippen molar-refractivity contribution >= 4 is 13.9 Å². The maximum Gasteiger partial charge on any atom is 0.330 e. The summed E-state index contributed by atoms with van der Waals surface area (Å²) in [5, 5.41) is 2.94. The molecule has 9 atom stereocenters. The molecule has 65 heavy (non-hydrogen) atoms. The van der Waals surface area contributed by atoms with E-state index < -0.39 is 91.4 Å². The molecular weight excluding hydrogens is 870 g/mol. The Labute approximate surface area is 380 Å². The molecule has 0 aliphatic carbocycles. The van der Waals surface area contributed by atoms with Crippen molar-refractivity contribution in [1.29, 1.82) is 0 Å². The van der Waals surface area contributed by atoms with E-state index in [4.69, 9.17) is 28.0 Å². The summed E-state index contributed by atoms with van der Waals surface area (Å²) in [5.74, 6) is -0.579. The Bertz CT molecular complexity index is 2010. The maximum atomic E-state index is 16.4. The number of carbonyl (C=O) groups excluding carboxylic acids is 1. The summed E-state index contributed by atoms with van der Waals surface area (Å²) in [6, 6.07) is 1.57. The summed E-state index contributed by atoms with van der Waals surface area (Å²) < 4.78 is 65.7. The number of aromatic nitrogens is 4. The van der Waals surface area contributed by atoms with Crippen LogP contribution in [0.5, 0.6) is 0 Å². The molecule has 3 N–H and O–H groups in total. The predicted octanol–water partition coefficient (Wildman–Crippen LogP) is 5.44. The Hall–Kier alpha value is -3.49. The molecule has 0 bridgehead atoms. The molecule has 4 rings (SSSR count). The second-order valence-corrected chi connectivity index (χ2v) is 18.9. The normalized spacial score (nSPS) is 24.2. The molecular formula is C44H73FN6O13P-. The first-order chi connectivity index (χ1) is 31.0. The number of urea groups is 1. The number of hydrogen-bond donors (Lipinski definition) is 3. The average molecular weight is 944 g/mol. The number of ether oxygens (including phenoxy) is 4. The van der Waals surface area contributed by atoms with Gasteiger partial charge in [-0.25, -0.2) is 18.8 Å². The van der Waals surface area contributed by atoms with Crippen LogP contribution >= 0.6 is 7.82 Å². The molecule has 2 amide bonds. The first kappa shape index (κ1) is 54.1. The zero-order valence-corrected chi connectivity index (χ0v) is 39.9. The zero-order valence-electron chi connectivity index (χ0n) is 39.0. The molecule has 2 aliphatic rings. The number of methoxy groups -OCH3 is 1. The Morgan fingerprint density at radius 2 is 1.31 bits per heavy atom. The lowest BCUT2D eigenvalue weighted by molar-refractivity contribution is -0.235. The molecule has 21 heteroatoms. The van der Waals surface area contributed by atoms with Crippen molar-refractivity contribution in [3.8, 4) is 0 Å². The number of amides is 2.